The highest BCUT2D eigenvalue weighted by atomic mass is 16.4. The topological polar surface area (TPSA) is 87.5 Å². The fraction of sp³-hybridized carbons (Fsp3) is 0.615. The Balaban J connectivity index is 2.52. The number of imidazole rings is 1. The molecule has 0 saturated heterocycles. The van der Waals surface area contributed by atoms with E-state index in [4.69, 9.17) is 5.11 Å². The maximum atomic E-state index is 12.1. The van der Waals surface area contributed by atoms with Crippen LogP contribution < -0.4 is 5.32 Å². The van der Waals surface area contributed by atoms with Gasteiger partial charge in [0.2, 0.25) is 0 Å². The number of urea groups is 1. The van der Waals surface area contributed by atoms with E-state index in [-0.39, 0.29) is 12.5 Å². The Morgan fingerprint density at radius 3 is 2.65 bits per heavy atom. The summed E-state index contributed by atoms with van der Waals surface area (Å²) in [4.78, 5) is 28.3. The molecule has 0 fully saturated rings. The number of aromatic nitrogens is 2. The van der Waals surface area contributed by atoms with Crippen LogP contribution in [0.15, 0.2) is 12.4 Å². The van der Waals surface area contributed by atoms with Gasteiger partial charge in [0.25, 0.3) is 0 Å². The molecule has 0 aromatic carbocycles. The monoisotopic (exact) mass is 282 g/mol. The van der Waals surface area contributed by atoms with E-state index in [0.717, 1.165) is 5.82 Å². The first-order valence-corrected chi connectivity index (χ1v) is 6.42. The first kappa shape index (κ1) is 16.0. The fourth-order valence-electron chi connectivity index (χ4n) is 1.70. The predicted molar refractivity (Wildman–Crippen MR) is 74.2 cm³/mol. The number of nitrogens with one attached hydrogen (secondary N) is 1. The van der Waals surface area contributed by atoms with Crippen molar-refractivity contribution in [2.45, 2.75) is 38.8 Å². The average molecular weight is 282 g/mol. The summed E-state index contributed by atoms with van der Waals surface area (Å²) in [6, 6.07) is -0.247. The van der Waals surface area contributed by atoms with Crippen LogP contribution in [-0.2, 0) is 18.4 Å². The molecule has 1 heterocycles. The Kier molecular flexibility index (Phi) is 5.12. The Bertz CT molecular complexity index is 482. The van der Waals surface area contributed by atoms with Crippen LogP contribution >= 0.6 is 0 Å². The highest BCUT2D eigenvalue weighted by molar-refractivity contribution is 5.74. The van der Waals surface area contributed by atoms with E-state index in [2.05, 4.69) is 10.3 Å². The SMILES string of the molecule is CN(Cc1nccn1C)C(=O)NC(C)(C)CCC(=O)O. The van der Waals surface area contributed by atoms with Crippen molar-refractivity contribution < 1.29 is 14.7 Å². The van der Waals surface area contributed by atoms with Crippen molar-refractivity contribution in [1.82, 2.24) is 19.8 Å². The molecule has 0 spiro atoms. The van der Waals surface area contributed by atoms with Crippen molar-refractivity contribution in [3.63, 3.8) is 0 Å². The van der Waals surface area contributed by atoms with E-state index < -0.39 is 11.5 Å². The molecule has 1 rings (SSSR count). The van der Waals surface area contributed by atoms with Gasteiger partial charge in [0.15, 0.2) is 0 Å². The highest BCUT2D eigenvalue weighted by Crippen LogP contribution is 2.12. The number of hydrogen-bond donors (Lipinski definition) is 2. The molecule has 20 heavy (non-hydrogen) atoms. The number of hydrogen-bond acceptors (Lipinski definition) is 3. The molecule has 7 nitrogen and oxygen atoms in total. The Morgan fingerprint density at radius 1 is 1.50 bits per heavy atom. The van der Waals surface area contributed by atoms with E-state index in [1.807, 2.05) is 31.7 Å². The van der Waals surface area contributed by atoms with Gasteiger partial charge in [-0.05, 0) is 20.3 Å². The third kappa shape index (κ3) is 4.91. The zero-order valence-corrected chi connectivity index (χ0v) is 12.4. The minimum atomic E-state index is -0.867. The van der Waals surface area contributed by atoms with Crippen molar-refractivity contribution in [1.29, 1.82) is 0 Å². The third-order valence-corrected chi connectivity index (χ3v) is 3.06. The minimum Gasteiger partial charge on any atom is -0.481 e. The van der Waals surface area contributed by atoms with Gasteiger partial charge in [-0.1, -0.05) is 0 Å². The number of nitrogens with zero attached hydrogens (tertiary/aromatic N) is 3. The van der Waals surface area contributed by atoms with Crippen molar-refractivity contribution >= 4 is 12.0 Å². The number of aryl methyl sites for hydroxylation is 1. The molecule has 112 valence electrons. The van der Waals surface area contributed by atoms with E-state index in [1.54, 1.807) is 13.2 Å². The van der Waals surface area contributed by atoms with Gasteiger partial charge in [-0.15, -0.1) is 0 Å². The summed E-state index contributed by atoms with van der Waals surface area (Å²) < 4.78 is 1.85. The molecule has 0 unspecified atom stereocenters. The fourth-order valence-corrected chi connectivity index (χ4v) is 1.70. The summed E-state index contributed by atoms with van der Waals surface area (Å²) in [6.45, 7) is 4.01. The lowest BCUT2D eigenvalue weighted by molar-refractivity contribution is -0.137. The number of carboxylic acids is 1. The first-order valence-electron chi connectivity index (χ1n) is 6.42. The summed E-state index contributed by atoms with van der Waals surface area (Å²) in [5.74, 6) is -0.0836. The number of carboxylic acid groups (broad SMARTS) is 1. The molecule has 0 radical (unpaired) electrons. The summed E-state index contributed by atoms with van der Waals surface area (Å²) in [5.41, 5.74) is -0.564. The molecule has 0 atom stereocenters. The number of aliphatic carboxylic acids is 1. The zero-order valence-electron chi connectivity index (χ0n) is 12.4. The lowest BCUT2D eigenvalue weighted by Gasteiger charge is -2.28. The lowest BCUT2D eigenvalue weighted by atomic mass is 9.99. The van der Waals surface area contributed by atoms with Crippen LogP contribution in [0.5, 0.6) is 0 Å². The van der Waals surface area contributed by atoms with Gasteiger partial charge in [-0.2, -0.15) is 0 Å². The quantitative estimate of drug-likeness (QED) is 0.821. The van der Waals surface area contributed by atoms with Gasteiger partial charge in [0, 0.05) is 38.4 Å². The summed E-state index contributed by atoms with van der Waals surface area (Å²) >= 11 is 0. The third-order valence-electron chi connectivity index (χ3n) is 3.06. The maximum Gasteiger partial charge on any atom is 0.317 e. The van der Waals surface area contributed by atoms with Crippen molar-refractivity contribution in [2.75, 3.05) is 7.05 Å². The van der Waals surface area contributed by atoms with Crippen molar-refractivity contribution in [3.05, 3.63) is 18.2 Å². The molecular formula is C13H22N4O3. The number of amides is 2. The Labute approximate surface area is 118 Å². The van der Waals surface area contributed by atoms with Crippen LogP contribution in [0.1, 0.15) is 32.5 Å². The van der Waals surface area contributed by atoms with Crippen LogP contribution in [0, 0.1) is 0 Å². The van der Waals surface area contributed by atoms with Crippen molar-refractivity contribution in [3.8, 4) is 0 Å². The van der Waals surface area contributed by atoms with Gasteiger partial charge in [0.1, 0.15) is 5.82 Å². The van der Waals surface area contributed by atoms with Gasteiger partial charge < -0.3 is 19.9 Å². The lowest BCUT2D eigenvalue weighted by Crippen LogP contribution is -2.49. The van der Waals surface area contributed by atoms with Crippen LogP contribution in [0.4, 0.5) is 4.79 Å². The molecule has 1 aromatic rings. The van der Waals surface area contributed by atoms with Crippen LogP contribution in [0.25, 0.3) is 0 Å². The number of carbonyl (C=O) groups is 2. The minimum absolute atomic E-state index is 0.0242. The molecule has 0 aliphatic rings. The molecule has 0 aliphatic carbocycles. The first-order chi connectivity index (χ1) is 9.21. The largest absolute Gasteiger partial charge is 0.481 e. The second kappa shape index (κ2) is 6.40. The van der Waals surface area contributed by atoms with E-state index in [9.17, 15) is 9.59 Å². The maximum absolute atomic E-state index is 12.1. The van der Waals surface area contributed by atoms with E-state index in [1.165, 1.54) is 4.90 Å². The molecule has 0 aliphatic heterocycles. The van der Waals surface area contributed by atoms with Gasteiger partial charge in [-0.3, -0.25) is 4.79 Å². The summed E-state index contributed by atoms with van der Waals surface area (Å²) in [6.07, 6.45) is 3.90. The standard InChI is InChI=1S/C13H22N4O3/c1-13(2,6-5-11(18)19)15-12(20)17(4)9-10-14-7-8-16(10)3/h7-8H,5-6,9H2,1-4H3,(H,15,20)(H,18,19). The molecule has 0 saturated carbocycles. The molecule has 0 bridgehead atoms. The Morgan fingerprint density at radius 2 is 2.15 bits per heavy atom. The van der Waals surface area contributed by atoms with Gasteiger partial charge in [0.05, 0.1) is 6.54 Å². The second-order valence-electron chi connectivity index (χ2n) is 5.52. The second-order valence-corrected chi connectivity index (χ2v) is 5.52. The van der Waals surface area contributed by atoms with E-state index in [0.29, 0.717) is 13.0 Å². The normalized spacial score (nSPS) is 11.2. The molecular weight excluding hydrogens is 260 g/mol. The van der Waals surface area contributed by atoms with Crippen LogP contribution in [0.2, 0.25) is 0 Å². The average Bonchev–Trinajstić information content (AvgIpc) is 2.72. The highest BCUT2D eigenvalue weighted by Gasteiger charge is 2.23. The number of carbonyl (C=O) groups excluding carboxylic acids is 1. The summed E-state index contributed by atoms with van der Waals surface area (Å²) in [7, 11) is 3.54. The number of rotatable bonds is 6. The van der Waals surface area contributed by atoms with Crippen molar-refractivity contribution in [2.24, 2.45) is 7.05 Å². The zero-order chi connectivity index (χ0) is 15.3. The molecule has 2 N–H and O–H groups in total. The Hall–Kier alpha value is -2.05. The summed E-state index contributed by atoms with van der Waals surface area (Å²) in [5, 5.41) is 11.5. The van der Waals surface area contributed by atoms with Gasteiger partial charge in [-0.25, -0.2) is 9.78 Å². The van der Waals surface area contributed by atoms with Gasteiger partial charge >= 0.3 is 12.0 Å². The molecule has 2 amide bonds. The molecule has 1 aromatic heterocycles. The van der Waals surface area contributed by atoms with Crippen LogP contribution in [0.3, 0.4) is 0 Å². The van der Waals surface area contributed by atoms with Crippen LogP contribution in [-0.4, -0.2) is 44.1 Å². The van der Waals surface area contributed by atoms with E-state index >= 15 is 0 Å². The molecule has 7 heteroatoms. The predicted octanol–water partition coefficient (Wildman–Crippen LogP) is 1.20. The smallest absolute Gasteiger partial charge is 0.317 e.